The largest absolute Gasteiger partial charge is 0.140 e. The van der Waals surface area contributed by atoms with Crippen molar-refractivity contribution in [2.75, 3.05) is 0 Å². The summed E-state index contributed by atoms with van der Waals surface area (Å²) in [6.45, 7) is 2.17. The molecule has 0 atom stereocenters. The molecule has 0 aliphatic carbocycles. The smallest absolute Gasteiger partial charge is 0.0412 e. The lowest BCUT2D eigenvalue weighted by Gasteiger charge is -2.03. The Morgan fingerprint density at radius 2 is 1.70 bits per heavy atom. The number of halogens is 1. The van der Waals surface area contributed by atoms with Gasteiger partial charge in [0.05, 0.1) is 0 Å². The van der Waals surface area contributed by atoms with Crippen LogP contribution < -0.4 is 0 Å². The summed E-state index contributed by atoms with van der Waals surface area (Å²) in [5, 5.41) is 2.12. The normalized spacial score (nSPS) is 11.2. The minimum atomic E-state index is 0.831. The number of unbranched alkanes of at least 4 members (excludes halogenated alkanes) is 3. The van der Waals surface area contributed by atoms with E-state index in [4.69, 9.17) is 11.6 Å². The highest BCUT2D eigenvalue weighted by molar-refractivity contribution is 7.19. The van der Waals surface area contributed by atoms with Crippen molar-refractivity contribution < 1.29 is 0 Å². The molecule has 0 aliphatic heterocycles. The maximum absolute atomic E-state index is 6.05. The third-order valence-electron chi connectivity index (χ3n) is 4.25. The van der Waals surface area contributed by atoms with E-state index in [0.29, 0.717) is 0 Å². The maximum atomic E-state index is 6.05. The standard InChI is InChI=1S/C21H23ClS/c1-16-7-6-9-17(13-16)8-4-2-3-5-10-20-15-18-14-19(22)11-12-21(18)23-20/h6-7,9,11-15H,2-5,8,10H2,1H3. The fraction of sp³-hybridized carbons (Fsp3) is 0.333. The predicted molar refractivity (Wildman–Crippen MR) is 104 cm³/mol. The van der Waals surface area contributed by atoms with Gasteiger partial charge in [-0.2, -0.15) is 0 Å². The van der Waals surface area contributed by atoms with Gasteiger partial charge in [-0.25, -0.2) is 0 Å². The zero-order valence-corrected chi connectivity index (χ0v) is 15.2. The van der Waals surface area contributed by atoms with Crippen LogP contribution in [0.5, 0.6) is 0 Å². The number of benzene rings is 2. The Labute approximate surface area is 148 Å². The molecule has 0 N–H and O–H groups in total. The average molecular weight is 343 g/mol. The summed E-state index contributed by atoms with van der Waals surface area (Å²) in [4.78, 5) is 1.49. The molecule has 1 aromatic heterocycles. The molecule has 0 aliphatic rings. The second-order valence-corrected chi connectivity index (χ2v) is 7.90. The SMILES string of the molecule is Cc1cccc(CCCCCCc2cc3cc(Cl)ccc3s2)c1. The van der Waals surface area contributed by atoms with E-state index in [1.54, 1.807) is 0 Å². The lowest BCUT2D eigenvalue weighted by atomic mass is 10.0. The molecule has 0 saturated heterocycles. The number of thiophene rings is 1. The molecule has 3 aromatic rings. The predicted octanol–water partition coefficient (Wildman–Crippen LogP) is 7.21. The van der Waals surface area contributed by atoms with Crippen molar-refractivity contribution in [2.45, 2.75) is 45.4 Å². The van der Waals surface area contributed by atoms with E-state index in [1.807, 2.05) is 17.4 Å². The highest BCUT2D eigenvalue weighted by Gasteiger charge is 2.02. The summed E-state index contributed by atoms with van der Waals surface area (Å²) >= 11 is 7.96. The molecule has 0 bridgehead atoms. The second-order valence-electron chi connectivity index (χ2n) is 6.30. The zero-order valence-electron chi connectivity index (χ0n) is 13.6. The van der Waals surface area contributed by atoms with E-state index in [9.17, 15) is 0 Å². The fourth-order valence-electron chi connectivity index (χ4n) is 3.04. The van der Waals surface area contributed by atoms with Crippen LogP contribution in [0.3, 0.4) is 0 Å². The monoisotopic (exact) mass is 342 g/mol. The van der Waals surface area contributed by atoms with E-state index in [1.165, 1.54) is 64.6 Å². The van der Waals surface area contributed by atoms with E-state index in [-0.39, 0.29) is 0 Å². The number of rotatable bonds is 7. The van der Waals surface area contributed by atoms with Crippen LogP contribution in [-0.4, -0.2) is 0 Å². The molecule has 3 rings (SSSR count). The van der Waals surface area contributed by atoms with Gasteiger partial charge in [-0.3, -0.25) is 0 Å². The highest BCUT2D eigenvalue weighted by atomic mass is 35.5. The number of fused-ring (bicyclic) bond motifs is 1. The van der Waals surface area contributed by atoms with E-state index in [2.05, 4.69) is 49.4 Å². The molecule has 0 nitrogen and oxygen atoms in total. The lowest BCUT2D eigenvalue weighted by molar-refractivity contribution is 0.643. The summed E-state index contributed by atoms with van der Waals surface area (Å²) < 4.78 is 1.35. The van der Waals surface area contributed by atoms with Crippen LogP contribution in [0, 0.1) is 6.92 Å². The van der Waals surface area contributed by atoms with Crippen LogP contribution in [0.25, 0.3) is 10.1 Å². The summed E-state index contributed by atoms with van der Waals surface area (Å²) in [7, 11) is 0. The molecule has 0 unspecified atom stereocenters. The van der Waals surface area contributed by atoms with Crippen LogP contribution in [-0.2, 0) is 12.8 Å². The van der Waals surface area contributed by atoms with Crippen LogP contribution in [0.2, 0.25) is 5.02 Å². The molecule has 0 spiro atoms. The summed E-state index contributed by atoms with van der Waals surface area (Å²) in [6, 6.07) is 17.4. The number of aryl methyl sites for hydroxylation is 3. The Bertz CT molecular complexity index is 772. The molecule has 23 heavy (non-hydrogen) atoms. The first-order valence-electron chi connectivity index (χ1n) is 8.44. The van der Waals surface area contributed by atoms with Gasteiger partial charge < -0.3 is 0 Å². The van der Waals surface area contributed by atoms with Gasteiger partial charge in [0.2, 0.25) is 0 Å². The van der Waals surface area contributed by atoms with Crippen molar-refractivity contribution in [3.63, 3.8) is 0 Å². The quantitative estimate of drug-likeness (QED) is 0.398. The van der Waals surface area contributed by atoms with Crippen LogP contribution >= 0.6 is 22.9 Å². The molecule has 2 aromatic carbocycles. The van der Waals surface area contributed by atoms with Crippen molar-refractivity contribution in [3.05, 3.63) is 69.6 Å². The van der Waals surface area contributed by atoms with Crippen molar-refractivity contribution in [1.29, 1.82) is 0 Å². The molecule has 0 fully saturated rings. The Morgan fingerprint density at radius 3 is 2.52 bits per heavy atom. The van der Waals surface area contributed by atoms with Gasteiger partial charge in [-0.1, -0.05) is 54.3 Å². The Kier molecular flexibility index (Phi) is 5.75. The molecule has 0 amide bonds. The van der Waals surface area contributed by atoms with Crippen molar-refractivity contribution in [2.24, 2.45) is 0 Å². The molecule has 2 heteroatoms. The van der Waals surface area contributed by atoms with Gasteiger partial charge in [0, 0.05) is 14.6 Å². The first-order valence-corrected chi connectivity index (χ1v) is 9.64. The van der Waals surface area contributed by atoms with Crippen LogP contribution in [0.15, 0.2) is 48.5 Å². The van der Waals surface area contributed by atoms with Gasteiger partial charge in [-0.05, 0) is 67.8 Å². The van der Waals surface area contributed by atoms with Gasteiger partial charge >= 0.3 is 0 Å². The third kappa shape index (κ3) is 4.83. The Balaban J connectivity index is 1.39. The first-order chi connectivity index (χ1) is 11.2. The molecule has 0 radical (unpaired) electrons. The van der Waals surface area contributed by atoms with E-state index in [0.717, 1.165) is 5.02 Å². The Morgan fingerprint density at radius 1 is 0.870 bits per heavy atom. The molecular formula is C21H23ClS. The summed E-state index contributed by atoms with van der Waals surface area (Å²) in [5.74, 6) is 0. The summed E-state index contributed by atoms with van der Waals surface area (Å²) in [5.41, 5.74) is 2.85. The van der Waals surface area contributed by atoms with Crippen LogP contribution in [0.4, 0.5) is 0 Å². The van der Waals surface area contributed by atoms with Gasteiger partial charge in [-0.15, -0.1) is 11.3 Å². The van der Waals surface area contributed by atoms with Crippen LogP contribution in [0.1, 0.15) is 41.7 Å². The minimum absolute atomic E-state index is 0.831. The molecule has 120 valence electrons. The van der Waals surface area contributed by atoms with Crippen molar-refractivity contribution in [3.8, 4) is 0 Å². The summed E-state index contributed by atoms with van der Waals surface area (Å²) in [6.07, 6.45) is 7.63. The number of hydrogen-bond donors (Lipinski definition) is 0. The average Bonchev–Trinajstić information content (AvgIpc) is 2.92. The fourth-order valence-corrected chi connectivity index (χ4v) is 4.31. The van der Waals surface area contributed by atoms with Gasteiger partial charge in [0.25, 0.3) is 0 Å². The van der Waals surface area contributed by atoms with Gasteiger partial charge in [0.15, 0.2) is 0 Å². The number of hydrogen-bond acceptors (Lipinski definition) is 1. The van der Waals surface area contributed by atoms with Crippen molar-refractivity contribution >= 4 is 33.0 Å². The molecular weight excluding hydrogens is 320 g/mol. The molecule has 0 saturated carbocycles. The lowest BCUT2D eigenvalue weighted by Crippen LogP contribution is -1.88. The highest BCUT2D eigenvalue weighted by Crippen LogP contribution is 2.29. The maximum Gasteiger partial charge on any atom is 0.0412 e. The van der Waals surface area contributed by atoms with E-state index >= 15 is 0 Å². The van der Waals surface area contributed by atoms with Crippen molar-refractivity contribution in [1.82, 2.24) is 0 Å². The Hall–Kier alpha value is -1.31. The zero-order chi connectivity index (χ0) is 16.1. The second kappa shape index (κ2) is 7.99. The third-order valence-corrected chi connectivity index (χ3v) is 5.66. The van der Waals surface area contributed by atoms with E-state index < -0.39 is 0 Å². The van der Waals surface area contributed by atoms with Gasteiger partial charge in [0.1, 0.15) is 0 Å². The molecule has 1 heterocycles. The first kappa shape index (κ1) is 16.5. The topological polar surface area (TPSA) is 0 Å². The minimum Gasteiger partial charge on any atom is -0.140 e.